The van der Waals surface area contributed by atoms with Crippen molar-refractivity contribution in [1.29, 1.82) is 0 Å². The van der Waals surface area contributed by atoms with Crippen LogP contribution < -0.4 is 10.9 Å². The van der Waals surface area contributed by atoms with Gasteiger partial charge in [-0.3, -0.25) is 15.6 Å². The van der Waals surface area contributed by atoms with E-state index in [1.54, 1.807) is 0 Å². The largest absolute Gasteiger partial charge is 0.295 e. The van der Waals surface area contributed by atoms with Crippen LogP contribution >= 0.6 is 12.2 Å². The summed E-state index contributed by atoms with van der Waals surface area (Å²) in [4.78, 5) is 9.96. The second-order valence-corrected chi connectivity index (χ2v) is 1.18. The smallest absolute Gasteiger partial charge is 0.235 e. The molecule has 7 heavy (non-hydrogen) atoms. The van der Waals surface area contributed by atoms with Crippen LogP contribution in [0.25, 0.3) is 0 Å². The molecule has 0 atom stereocenters. The van der Waals surface area contributed by atoms with Crippen molar-refractivity contribution in [2.75, 3.05) is 0 Å². The molecule has 4 heteroatoms. The summed E-state index contributed by atoms with van der Waals surface area (Å²) in [5.41, 5.74) is 5.81. The van der Waals surface area contributed by atoms with Crippen LogP contribution in [0.4, 0.5) is 0 Å². The maximum atomic E-state index is 9.96. The van der Waals surface area contributed by atoms with Gasteiger partial charge in [0.05, 0.1) is 5.49 Å². The maximum absolute atomic E-state index is 9.96. The molecule has 0 bridgehead atoms. The molecule has 0 saturated heterocycles. The van der Waals surface area contributed by atoms with Crippen molar-refractivity contribution in [3.8, 4) is 0 Å². The van der Waals surface area contributed by atoms with Crippen LogP contribution in [-0.4, -0.2) is 11.4 Å². The van der Waals surface area contributed by atoms with Gasteiger partial charge in [-0.2, -0.15) is 0 Å². The highest BCUT2D eigenvalue weighted by Crippen LogP contribution is 1.48. The fourth-order valence-corrected chi connectivity index (χ4v) is 0.190. The molecule has 1 amide bonds. The minimum absolute atomic E-state index is 0.152. The van der Waals surface area contributed by atoms with Gasteiger partial charge < -0.3 is 0 Å². The van der Waals surface area contributed by atoms with Gasteiger partial charge in [0.2, 0.25) is 5.91 Å². The van der Waals surface area contributed by atoms with Crippen molar-refractivity contribution in [3.05, 3.63) is 0 Å². The second-order valence-electron chi connectivity index (χ2n) is 0.943. The Morgan fingerprint density at radius 3 is 2.57 bits per heavy atom. The molecule has 0 aromatic rings. The number of thiocarbonyl (C=S) groups is 1. The monoisotopic (exact) mass is 118 g/mol. The molecule has 0 aromatic carbocycles. The third kappa shape index (κ3) is 5.36. The minimum Gasteiger partial charge on any atom is -0.295 e. The van der Waals surface area contributed by atoms with E-state index >= 15 is 0 Å². The molecule has 0 radical (unpaired) electrons. The summed E-state index contributed by atoms with van der Waals surface area (Å²) in [6, 6.07) is 0. The lowest BCUT2D eigenvalue weighted by Crippen LogP contribution is -2.33. The lowest BCUT2D eigenvalue weighted by atomic mass is 10.8. The standard InChI is InChI=1S/C3H6N2OS/c1-3(6)5-4-2-7/h2H,1H3,(H,4,7)(H,5,6). The lowest BCUT2D eigenvalue weighted by Gasteiger charge is -1.94. The lowest BCUT2D eigenvalue weighted by molar-refractivity contribution is -0.119. The first-order chi connectivity index (χ1) is 3.27. The molecule has 0 fully saturated rings. The van der Waals surface area contributed by atoms with Gasteiger partial charge in [0.25, 0.3) is 0 Å². The number of hydrogen-bond donors (Lipinski definition) is 2. The van der Waals surface area contributed by atoms with Crippen LogP contribution in [0.1, 0.15) is 6.92 Å². The van der Waals surface area contributed by atoms with Gasteiger partial charge in [-0.05, 0) is 0 Å². The topological polar surface area (TPSA) is 41.1 Å². The molecule has 40 valence electrons. The van der Waals surface area contributed by atoms with E-state index in [2.05, 4.69) is 23.1 Å². The number of hydrazine groups is 1. The third-order valence-electron chi connectivity index (χ3n) is 0.307. The first-order valence-corrected chi connectivity index (χ1v) is 2.20. The van der Waals surface area contributed by atoms with Crippen LogP contribution in [0.2, 0.25) is 0 Å². The van der Waals surface area contributed by atoms with E-state index in [9.17, 15) is 4.79 Å². The summed E-state index contributed by atoms with van der Waals surface area (Å²) in [5, 5.41) is 0. The Kier molecular flexibility index (Phi) is 3.22. The van der Waals surface area contributed by atoms with Crippen LogP contribution in [0, 0.1) is 0 Å². The summed E-state index contributed by atoms with van der Waals surface area (Å²) >= 11 is 4.32. The highest BCUT2D eigenvalue weighted by molar-refractivity contribution is 7.78. The maximum Gasteiger partial charge on any atom is 0.235 e. The predicted octanol–water partition coefficient (Wildman–Crippen LogP) is -0.416. The van der Waals surface area contributed by atoms with E-state index in [0.29, 0.717) is 0 Å². The Balaban J connectivity index is 2.97. The van der Waals surface area contributed by atoms with Gasteiger partial charge >= 0.3 is 0 Å². The zero-order valence-electron chi connectivity index (χ0n) is 3.89. The van der Waals surface area contributed by atoms with E-state index in [-0.39, 0.29) is 5.91 Å². The summed E-state index contributed by atoms with van der Waals surface area (Å²) in [6.45, 7) is 1.39. The number of carbonyl (C=O) groups is 1. The zero-order valence-corrected chi connectivity index (χ0v) is 4.71. The predicted molar refractivity (Wildman–Crippen MR) is 30.6 cm³/mol. The van der Waals surface area contributed by atoms with Gasteiger partial charge in [-0.15, -0.1) is 0 Å². The average Bonchev–Trinajstić information content (AvgIpc) is 1.61. The van der Waals surface area contributed by atoms with Crippen molar-refractivity contribution in [2.45, 2.75) is 6.92 Å². The van der Waals surface area contributed by atoms with Gasteiger partial charge in [0, 0.05) is 6.92 Å². The number of amides is 1. The molecule has 0 heterocycles. The van der Waals surface area contributed by atoms with E-state index in [0.717, 1.165) is 0 Å². The van der Waals surface area contributed by atoms with Gasteiger partial charge in [-0.1, -0.05) is 12.2 Å². The summed E-state index contributed by atoms with van der Waals surface area (Å²) in [7, 11) is 0. The Morgan fingerprint density at radius 2 is 2.43 bits per heavy atom. The van der Waals surface area contributed by atoms with E-state index in [1.807, 2.05) is 0 Å². The van der Waals surface area contributed by atoms with Gasteiger partial charge in [0.1, 0.15) is 0 Å². The van der Waals surface area contributed by atoms with Crippen molar-refractivity contribution >= 4 is 23.6 Å². The SMILES string of the molecule is CC(=O)NNC=S. The number of rotatable bonds is 2. The Morgan fingerprint density at radius 1 is 1.86 bits per heavy atom. The van der Waals surface area contributed by atoms with Crippen molar-refractivity contribution in [2.24, 2.45) is 0 Å². The van der Waals surface area contributed by atoms with Gasteiger partial charge in [0.15, 0.2) is 0 Å². The van der Waals surface area contributed by atoms with Crippen LogP contribution in [0.15, 0.2) is 0 Å². The van der Waals surface area contributed by atoms with E-state index < -0.39 is 0 Å². The summed E-state index contributed by atoms with van der Waals surface area (Å²) in [5.74, 6) is -0.152. The highest BCUT2D eigenvalue weighted by Gasteiger charge is 1.79. The second kappa shape index (κ2) is 3.55. The summed E-state index contributed by atoms with van der Waals surface area (Å²) in [6.07, 6.45) is 0. The highest BCUT2D eigenvalue weighted by atomic mass is 32.1. The van der Waals surface area contributed by atoms with Gasteiger partial charge in [-0.25, -0.2) is 0 Å². The molecular formula is C3H6N2OS. The minimum atomic E-state index is -0.152. The fraction of sp³-hybridized carbons (Fsp3) is 0.333. The normalized spacial score (nSPS) is 7.00. The fourth-order valence-electron chi connectivity index (χ4n) is 0.131. The molecule has 0 aliphatic heterocycles. The molecule has 0 aromatic heterocycles. The molecule has 0 aliphatic rings. The number of carbonyl (C=O) groups excluding carboxylic acids is 1. The van der Waals surface area contributed by atoms with Crippen LogP contribution in [0.5, 0.6) is 0 Å². The zero-order chi connectivity index (χ0) is 5.70. The van der Waals surface area contributed by atoms with E-state index in [4.69, 9.17) is 0 Å². The molecular weight excluding hydrogens is 112 g/mol. The van der Waals surface area contributed by atoms with E-state index in [1.165, 1.54) is 12.4 Å². The first-order valence-electron chi connectivity index (χ1n) is 1.73. The van der Waals surface area contributed by atoms with Crippen LogP contribution in [-0.2, 0) is 4.79 Å². The summed E-state index contributed by atoms with van der Waals surface area (Å²) < 4.78 is 0. The molecule has 0 spiro atoms. The van der Waals surface area contributed by atoms with Crippen molar-refractivity contribution in [1.82, 2.24) is 10.9 Å². The molecule has 0 aliphatic carbocycles. The van der Waals surface area contributed by atoms with Crippen molar-refractivity contribution < 1.29 is 4.79 Å². The Labute approximate surface area is 47.1 Å². The molecule has 0 unspecified atom stereocenters. The third-order valence-corrected chi connectivity index (χ3v) is 0.425. The average molecular weight is 118 g/mol. The Hall–Kier alpha value is -0.640. The molecule has 3 nitrogen and oxygen atoms in total. The first kappa shape index (κ1) is 6.36. The van der Waals surface area contributed by atoms with Crippen molar-refractivity contribution in [3.63, 3.8) is 0 Å². The van der Waals surface area contributed by atoms with Crippen LogP contribution in [0.3, 0.4) is 0 Å². The number of hydrogen-bond acceptors (Lipinski definition) is 2. The molecule has 2 N–H and O–H groups in total. The molecule has 0 saturated carbocycles. The Bertz CT molecular complexity index is 83.0. The number of nitrogens with one attached hydrogen (secondary N) is 2. The quantitative estimate of drug-likeness (QED) is 0.382. The molecule has 0 rings (SSSR count).